The molecule has 0 fully saturated rings. The van der Waals surface area contributed by atoms with E-state index >= 15 is 0 Å². The van der Waals surface area contributed by atoms with E-state index in [0.29, 0.717) is 18.8 Å². The van der Waals surface area contributed by atoms with Gasteiger partial charge in [0.2, 0.25) is 0 Å². The Labute approximate surface area is 88.3 Å². The first-order valence-corrected chi connectivity index (χ1v) is 4.76. The van der Waals surface area contributed by atoms with E-state index in [1.165, 1.54) is 12.1 Å². The second-order valence-electron chi connectivity index (χ2n) is 3.07. The van der Waals surface area contributed by atoms with Crippen molar-refractivity contribution >= 4 is 11.7 Å². The number of benzene rings is 1. The molecule has 0 aliphatic carbocycles. The molecule has 0 bridgehead atoms. The molecule has 0 atom stereocenters. The fraction of sp³-hybridized carbons (Fsp3) is 0.300. The highest BCUT2D eigenvalue weighted by Gasteiger charge is 2.00. The summed E-state index contributed by atoms with van der Waals surface area (Å²) in [5, 5.41) is 14.4. The molecular weight excluding hydrogens is 194 g/mol. The Morgan fingerprint density at radius 2 is 2.27 bits per heavy atom. The summed E-state index contributed by atoms with van der Waals surface area (Å²) in [4.78, 5) is 11.3. The number of phenols is 1. The standard InChI is InChI=1S/C10H15N3O2/c11-5-2-6-12-10(15)13-8-3-1-4-9(14)7-8/h1,3-4,7,14H,2,5-6,11H2,(H2,12,13,15). The first-order chi connectivity index (χ1) is 7.22. The number of carbonyl (C=O) groups is 1. The van der Waals surface area contributed by atoms with E-state index in [4.69, 9.17) is 10.8 Å². The summed E-state index contributed by atoms with van der Waals surface area (Å²) in [5.74, 6) is 0.120. The second kappa shape index (κ2) is 5.87. The summed E-state index contributed by atoms with van der Waals surface area (Å²) in [6, 6.07) is 6.07. The lowest BCUT2D eigenvalue weighted by atomic mass is 10.3. The van der Waals surface area contributed by atoms with Crippen LogP contribution in [0, 0.1) is 0 Å². The van der Waals surface area contributed by atoms with E-state index in [1.807, 2.05) is 0 Å². The van der Waals surface area contributed by atoms with Gasteiger partial charge in [0.1, 0.15) is 5.75 Å². The number of aromatic hydroxyl groups is 1. The Bertz CT molecular complexity index is 328. The quantitative estimate of drug-likeness (QED) is 0.555. The Balaban J connectivity index is 2.37. The van der Waals surface area contributed by atoms with Crippen molar-refractivity contribution in [3.05, 3.63) is 24.3 Å². The van der Waals surface area contributed by atoms with E-state index in [2.05, 4.69) is 10.6 Å². The zero-order valence-electron chi connectivity index (χ0n) is 8.36. The monoisotopic (exact) mass is 209 g/mol. The summed E-state index contributed by atoms with van der Waals surface area (Å²) in [5.41, 5.74) is 5.84. The van der Waals surface area contributed by atoms with Crippen molar-refractivity contribution in [3.63, 3.8) is 0 Å². The molecule has 0 aromatic heterocycles. The second-order valence-corrected chi connectivity index (χ2v) is 3.07. The molecule has 5 nitrogen and oxygen atoms in total. The van der Waals surface area contributed by atoms with Crippen molar-refractivity contribution < 1.29 is 9.90 Å². The third kappa shape index (κ3) is 4.33. The number of hydrogen-bond acceptors (Lipinski definition) is 3. The van der Waals surface area contributed by atoms with Crippen LogP contribution in [0.4, 0.5) is 10.5 Å². The lowest BCUT2D eigenvalue weighted by Gasteiger charge is -2.06. The van der Waals surface area contributed by atoms with Gasteiger partial charge in [0.15, 0.2) is 0 Å². The van der Waals surface area contributed by atoms with Crippen LogP contribution in [0.3, 0.4) is 0 Å². The topological polar surface area (TPSA) is 87.4 Å². The maximum atomic E-state index is 11.3. The molecule has 0 unspecified atom stereocenters. The first kappa shape index (κ1) is 11.3. The van der Waals surface area contributed by atoms with Crippen LogP contribution >= 0.6 is 0 Å². The van der Waals surface area contributed by atoms with Crippen LogP contribution in [0.25, 0.3) is 0 Å². The van der Waals surface area contributed by atoms with Gasteiger partial charge in [-0.2, -0.15) is 0 Å². The van der Waals surface area contributed by atoms with Crippen LogP contribution in [0.15, 0.2) is 24.3 Å². The molecule has 0 heterocycles. The maximum absolute atomic E-state index is 11.3. The molecule has 1 aromatic rings. The molecule has 0 spiro atoms. The van der Waals surface area contributed by atoms with Crippen LogP contribution in [-0.2, 0) is 0 Å². The number of anilines is 1. The number of hydrogen-bond donors (Lipinski definition) is 4. The molecule has 5 N–H and O–H groups in total. The average molecular weight is 209 g/mol. The smallest absolute Gasteiger partial charge is 0.319 e. The van der Waals surface area contributed by atoms with Crippen LogP contribution < -0.4 is 16.4 Å². The first-order valence-electron chi connectivity index (χ1n) is 4.76. The normalized spacial score (nSPS) is 9.67. The van der Waals surface area contributed by atoms with Gasteiger partial charge in [-0.15, -0.1) is 0 Å². The largest absolute Gasteiger partial charge is 0.508 e. The predicted octanol–water partition coefficient (Wildman–Crippen LogP) is 0.862. The molecule has 0 saturated carbocycles. The Hall–Kier alpha value is -1.75. The minimum Gasteiger partial charge on any atom is -0.508 e. The minimum absolute atomic E-state index is 0.120. The van der Waals surface area contributed by atoms with Crippen LogP contribution in [0.5, 0.6) is 5.75 Å². The van der Waals surface area contributed by atoms with Gasteiger partial charge in [-0.05, 0) is 25.1 Å². The number of nitrogens with one attached hydrogen (secondary N) is 2. The van der Waals surface area contributed by atoms with Crippen molar-refractivity contribution in [1.82, 2.24) is 5.32 Å². The van der Waals surface area contributed by atoms with E-state index < -0.39 is 0 Å². The van der Waals surface area contributed by atoms with Gasteiger partial charge in [0.25, 0.3) is 0 Å². The van der Waals surface area contributed by atoms with Gasteiger partial charge in [-0.25, -0.2) is 4.79 Å². The lowest BCUT2D eigenvalue weighted by molar-refractivity contribution is 0.252. The summed E-state index contributed by atoms with van der Waals surface area (Å²) < 4.78 is 0. The van der Waals surface area contributed by atoms with Crippen molar-refractivity contribution in [2.45, 2.75) is 6.42 Å². The van der Waals surface area contributed by atoms with E-state index in [1.54, 1.807) is 12.1 Å². The molecule has 0 aliphatic rings. The van der Waals surface area contributed by atoms with E-state index in [9.17, 15) is 4.79 Å². The van der Waals surface area contributed by atoms with Gasteiger partial charge in [0, 0.05) is 18.3 Å². The van der Waals surface area contributed by atoms with Crippen LogP contribution in [0.1, 0.15) is 6.42 Å². The summed E-state index contributed by atoms with van der Waals surface area (Å²) in [6.07, 6.45) is 0.744. The van der Waals surface area contributed by atoms with Crippen molar-refractivity contribution in [3.8, 4) is 5.75 Å². The third-order valence-corrected chi connectivity index (χ3v) is 1.77. The zero-order chi connectivity index (χ0) is 11.1. The van der Waals surface area contributed by atoms with Gasteiger partial charge in [-0.3, -0.25) is 0 Å². The number of nitrogens with two attached hydrogens (primary N) is 1. The number of urea groups is 1. The third-order valence-electron chi connectivity index (χ3n) is 1.77. The molecule has 1 aromatic carbocycles. The molecule has 0 saturated heterocycles. The highest BCUT2D eigenvalue weighted by molar-refractivity contribution is 5.89. The molecular formula is C10H15N3O2. The Morgan fingerprint density at radius 1 is 1.47 bits per heavy atom. The summed E-state index contributed by atoms with van der Waals surface area (Å²) >= 11 is 0. The molecule has 15 heavy (non-hydrogen) atoms. The SMILES string of the molecule is NCCCNC(=O)Nc1cccc(O)c1. The lowest BCUT2D eigenvalue weighted by Crippen LogP contribution is -2.30. The summed E-state index contributed by atoms with van der Waals surface area (Å²) in [7, 11) is 0. The average Bonchev–Trinajstić information content (AvgIpc) is 2.18. The van der Waals surface area contributed by atoms with Gasteiger partial charge >= 0.3 is 6.03 Å². The van der Waals surface area contributed by atoms with Gasteiger partial charge in [0.05, 0.1) is 0 Å². The fourth-order valence-electron chi connectivity index (χ4n) is 1.06. The van der Waals surface area contributed by atoms with E-state index in [0.717, 1.165) is 6.42 Å². The van der Waals surface area contributed by atoms with E-state index in [-0.39, 0.29) is 11.8 Å². The van der Waals surface area contributed by atoms with Crippen LogP contribution in [-0.4, -0.2) is 24.2 Å². The maximum Gasteiger partial charge on any atom is 0.319 e. The molecule has 82 valence electrons. The molecule has 5 heteroatoms. The molecule has 0 radical (unpaired) electrons. The number of carbonyl (C=O) groups excluding carboxylic acids is 1. The highest BCUT2D eigenvalue weighted by Crippen LogP contribution is 2.14. The van der Waals surface area contributed by atoms with Crippen molar-refractivity contribution in [1.29, 1.82) is 0 Å². The summed E-state index contributed by atoms with van der Waals surface area (Å²) in [6.45, 7) is 1.09. The van der Waals surface area contributed by atoms with Gasteiger partial charge in [-0.1, -0.05) is 6.07 Å². The number of rotatable bonds is 4. The molecule has 1 rings (SSSR count). The zero-order valence-corrected chi connectivity index (χ0v) is 8.36. The Morgan fingerprint density at radius 3 is 2.93 bits per heavy atom. The van der Waals surface area contributed by atoms with Crippen molar-refractivity contribution in [2.24, 2.45) is 5.73 Å². The molecule has 2 amide bonds. The number of phenolic OH excluding ortho intramolecular Hbond substituents is 1. The van der Waals surface area contributed by atoms with Gasteiger partial charge < -0.3 is 21.5 Å². The predicted molar refractivity (Wildman–Crippen MR) is 58.8 cm³/mol. The number of amides is 2. The van der Waals surface area contributed by atoms with Crippen molar-refractivity contribution in [2.75, 3.05) is 18.4 Å². The molecule has 0 aliphatic heterocycles. The Kier molecular flexibility index (Phi) is 4.43. The minimum atomic E-state index is -0.297. The van der Waals surface area contributed by atoms with Crippen LogP contribution in [0.2, 0.25) is 0 Å². The highest BCUT2D eigenvalue weighted by atomic mass is 16.3. The fourth-order valence-corrected chi connectivity index (χ4v) is 1.06.